The highest BCUT2D eigenvalue weighted by molar-refractivity contribution is 6.01. The van der Waals surface area contributed by atoms with Crippen LogP contribution in [0, 0.1) is 5.92 Å². The summed E-state index contributed by atoms with van der Waals surface area (Å²) in [4.78, 5) is 12.6. The number of halogens is 1. The molecule has 0 radical (unpaired) electrons. The van der Waals surface area contributed by atoms with Crippen molar-refractivity contribution in [2.75, 3.05) is 30.8 Å². The van der Waals surface area contributed by atoms with Crippen LogP contribution in [0.5, 0.6) is 5.75 Å². The molecule has 0 spiro atoms. The van der Waals surface area contributed by atoms with Crippen molar-refractivity contribution in [2.24, 2.45) is 5.92 Å². The Morgan fingerprint density at radius 3 is 2.32 bits per heavy atom. The molecule has 1 aliphatic heterocycles. The molecule has 1 amide bonds. The number of piperidine rings is 1. The molecule has 0 bridgehead atoms. The van der Waals surface area contributed by atoms with E-state index in [1.165, 1.54) is 0 Å². The first-order valence-corrected chi connectivity index (χ1v) is 12.4. The van der Waals surface area contributed by atoms with Gasteiger partial charge in [-0.15, -0.1) is 27.7 Å². The van der Waals surface area contributed by atoms with Crippen LogP contribution in [0.15, 0.2) is 72.8 Å². The SMILES string of the molecule is COc1ccc(-c2nnc3c4ccccc4c(Nc4ccc(NC(=O)C5CCNCC5)cc4)nn23)cc1.Cl. The molecule has 6 rings (SSSR count). The fourth-order valence-corrected chi connectivity index (χ4v) is 4.70. The van der Waals surface area contributed by atoms with E-state index in [9.17, 15) is 4.79 Å². The molecule has 10 heteroatoms. The highest BCUT2D eigenvalue weighted by Gasteiger charge is 2.21. The predicted octanol–water partition coefficient (Wildman–Crippen LogP) is 5.06. The second-order valence-electron chi connectivity index (χ2n) is 9.10. The lowest BCUT2D eigenvalue weighted by Gasteiger charge is -2.21. The van der Waals surface area contributed by atoms with E-state index in [1.807, 2.05) is 72.8 Å². The lowest BCUT2D eigenvalue weighted by atomic mass is 9.97. The molecule has 3 N–H and O–H groups in total. The molecule has 0 saturated carbocycles. The zero-order chi connectivity index (χ0) is 25.2. The third-order valence-corrected chi connectivity index (χ3v) is 6.74. The highest BCUT2D eigenvalue weighted by Crippen LogP contribution is 2.30. The van der Waals surface area contributed by atoms with Gasteiger partial charge in [0.05, 0.1) is 7.11 Å². The second-order valence-corrected chi connectivity index (χ2v) is 9.10. The second kappa shape index (κ2) is 11.0. The van der Waals surface area contributed by atoms with Crippen LogP contribution in [0.4, 0.5) is 17.2 Å². The maximum Gasteiger partial charge on any atom is 0.227 e. The van der Waals surface area contributed by atoms with Crippen molar-refractivity contribution in [1.29, 1.82) is 0 Å². The number of carbonyl (C=O) groups is 1. The van der Waals surface area contributed by atoms with Crippen LogP contribution in [-0.4, -0.2) is 45.9 Å². The smallest absolute Gasteiger partial charge is 0.227 e. The van der Waals surface area contributed by atoms with Gasteiger partial charge in [-0.2, -0.15) is 4.52 Å². The van der Waals surface area contributed by atoms with E-state index in [-0.39, 0.29) is 24.2 Å². The summed E-state index contributed by atoms with van der Waals surface area (Å²) < 4.78 is 7.05. The number of hydrogen-bond donors (Lipinski definition) is 3. The first-order chi connectivity index (χ1) is 18.2. The Balaban J connectivity index is 0.00000294. The molecule has 0 unspecified atom stereocenters. The maximum absolute atomic E-state index is 12.6. The van der Waals surface area contributed by atoms with Crippen LogP contribution in [0.2, 0.25) is 0 Å². The minimum absolute atomic E-state index is 0. The molecular formula is C28H28ClN7O2. The zero-order valence-electron chi connectivity index (χ0n) is 20.8. The number of amides is 1. The molecular weight excluding hydrogens is 502 g/mol. The van der Waals surface area contributed by atoms with E-state index in [1.54, 1.807) is 11.6 Å². The summed E-state index contributed by atoms with van der Waals surface area (Å²) in [5, 5.41) is 25.4. The van der Waals surface area contributed by atoms with Crippen LogP contribution in [0.3, 0.4) is 0 Å². The first kappa shape index (κ1) is 25.4. The lowest BCUT2D eigenvalue weighted by molar-refractivity contribution is -0.120. The molecule has 1 aliphatic rings. The molecule has 0 aliphatic carbocycles. The number of hydrogen-bond acceptors (Lipinski definition) is 7. The molecule has 1 saturated heterocycles. The van der Waals surface area contributed by atoms with Gasteiger partial charge in [0.1, 0.15) is 5.75 Å². The van der Waals surface area contributed by atoms with E-state index in [2.05, 4.69) is 26.1 Å². The topological polar surface area (TPSA) is 105 Å². The number of nitrogens with one attached hydrogen (secondary N) is 3. The largest absolute Gasteiger partial charge is 0.497 e. The van der Waals surface area contributed by atoms with Gasteiger partial charge >= 0.3 is 0 Å². The molecule has 38 heavy (non-hydrogen) atoms. The summed E-state index contributed by atoms with van der Waals surface area (Å²) in [7, 11) is 1.64. The third-order valence-electron chi connectivity index (χ3n) is 6.74. The van der Waals surface area contributed by atoms with Crippen molar-refractivity contribution in [3.8, 4) is 17.1 Å². The third kappa shape index (κ3) is 4.98. The number of rotatable bonds is 6. The zero-order valence-corrected chi connectivity index (χ0v) is 21.7. The number of anilines is 3. The lowest BCUT2D eigenvalue weighted by Crippen LogP contribution is -2.34. The van der Waals surface area contributed by atoms with Crippen LogP contribution in [-0.2, 0) is 4.79 Å². The van der Waals surface area contributed by atoms with Gasteiger partial charge < -0.3 is 20.7 Å². The fourth-order valence-electron chi connectivity index (χ4n) is 4.70. The first-order valence-electron chi connectivity index (χ1n) is 12.4. The minimum atomic E-state index is 0. The highest BCUT2D eigenvalue weighted by atomic mass is 35.5. The quantitative estimate of drug-likeness (QED) is 0.282. The number of benzene rings is 3. The summed E-state index contributed by atoms with van der Waals surface area (Å²) in [5.41, 5.74) is 3.21. The Morgan fingerprint density at radius 1 is 0.921 bits per heavy atom. The number of fused-ring (bicyclic) bond motifs is 3. The van der Waals surface area contributed by atoms with Gasteiger partial charge in [0, 0.05) is 33.6 Å². The summed E-state index contributed by atoms with van der Waals surface area (Å²) in [6.45, 7) is 1.78. The Hall–Kier alpha value is -4.21. The van der Waals surface area contributed by atoms with Crippen molar-refractivity contribution < 1.29 is 9.53 Å². The molecule has 5 aromatic rings. The molecule has 3 aromatic carbocycles. The maximum atomic E-state index is 12.6. The van der Waals surface area contributed by atoms with Crippen LogP contribution < -0.4 is 20.7 Å². The van der Waals surface area contributed by atoms with E-state index in [0.717, 1.165) is 59.4 Å². The Labute approximate surface area is 226 Å². The average Bonchev–Trinajstić information content (AvgIpc) is 3.39. The van der Waals surface area contributed by atoms with E-state index in [0.29, 0.717) is 17.3 Å². The minimum Gasteiger partial charge on any atom is -0.497 e. The molecule has 3 heterocycles. The Bertz CT molecular complexity index is 1560. The van der Waals surface area contributed by atoms with Gasteiger partial charge in [0.25, 0.3) is 0 Å². The predicted molar refractivity (Wildman–Crippen MR) is 151 cm³/mol. The monoisotopic (exact) mass is 529 g/mol. The van der Waals surface area contributed by atoms with E-state index < -0.39 is 0 Å². The standard InChI is InChI=1S/C28H27N7O2.ClH/c1-37-22-12-6-18(7-13-22)26-32-33-27-24-5-3-2-4-23(24)25(34-35(26)27)30-20-8-10-21(11-9-20)31-28(36)19-14-16-29-17-15-19;/h2-13,19,29H,14-17H2,1H3,(H,30,34)(H,31,36);1H. The van der Waals surface area contributed by atoms with Gasteiger partial charge in [-0.05, 0) is 74.5 Å². The molecule has 9 nitrogen and oxygen atoms in total. The van der Waals surface area contributed by atoms with E-state index in [4.69, 9.17) is 9.84 Å². The number of ether oxygens (including phenoxy) is 1. The van der Waals surface area contributed by atoms with Gasteiger partial charge in [0.15, 0.2) is 17.3 Å². The van der Waals surface area contributed by atoms with Crippen molar-refractivity contribution in [2.45, 2.75) is 12.8 Å². The van der Waals surface area contributed by atoms with Crippen molar-refractivity contribution in [3.05, 3.63) is 72.8 Å². The molecule has 1 fully saturated rings. The number of methoxy groups -OCH3 is 1. The van der Waals surface area contributed by atoms with E-state index >= 15 is 0 Å². The summed E-state index contributed by atoms with van der Waals surface area (Å²) in [5.74, 6) is 2.24. The average molecular weight is 530 g/mol. The van der Waals surface area contributed by atoms with Crippen molar-refractivity contribution in [3.63, 3.8) is 0 Å². The Morgan fingerprint density at radius 2 is 1.61 bits per heavy atom. The Kier molecular flexibility index (Phi) is 7.39. The van der Waals surface area contributed by atoms with Gasteiger partial charge in [0.2, 0.25) is 5.91 Å². The summed E-state index contributed by atoms with van der Waals surface area (Å²) in [6.07, 6.45) is 1.74. The number of nitrogens with zero attached hydrogens (tertiary/aromatic N) is 4. The van der Waals surface area contributed by atoms with Crippen LogP contribution in [0.1, 0.15) is 12.8 Å². The fraction of sp³-hybridized carbons (Fsp3) is 0.214. The molecule has 0 atom stereocenters. The van der Waals surface area contributed by atoms with Gasteiger partial charge in [-0.1, -0.05) is 24.3 Å². The van der Waals surface area contributed by atoms with Crippen molar-refractivity contribution >= 4 is 51.9 Å². The normalized spacial score (nSPS) is 13.7. The van der Waals surface area contributed by atoms with Crippen molar-refractivity contribution in [1.82, 2.24) is 25.1 Å². The van der Waals surface area contributed by atoms with Crippen LogP contribution >= 0.6 is 12.4 Å². The van der Waals surface area contributed by atoms with Gasteiger partial charge in [-0.3, -0.25) is 4.79 Å². The molecule has 2 aromatic heterocycles. The number of carbonyl (C=O) groups excluding carboxylic acids is 1. The summed E-state index contributed by atoms with van der Waals surface area (Å²) >= 11 is 0. The van der Waals surface area contributed by atoms with Gasteiger partial charge in [-0.25, -0.2) is 0 Å². The summed E-state index contributed by atoms with van der Waals surface area (Å²) in [6, 6.07) is 23.3. The number of aromatic nitrogens is 4. The molecule has 194 valence electrons. The van der Waals surface area contributed by atoms with Crippen LogP contribution in [0.25, 0.3) is 27.8 Å².